The Labute approximate surface area is 362 Å². The number of carbonyl (C=O) groups is 2. The Morgan fingerprint density at radius 2 is 1.66 bits per heavy atom. The molecule has 3 atom stereocenters. The zero-order valence-corrected chi connectivity index (χ0v) is 34.9. The van der Waals surface area contributed by atoms with Crippen LogP contribution in [0.4, 0.5) is 40.3 Å². The summed E-state index contributed by atoms with van der Waals surface area (Å²) < 4.78 is 82.5. The molecule has 16 nitrogen and oxygen atoms in total. The molecular weight excluding hydrogens is 861 g/mol. The molecule has 2 aromatic heterocycles. The summed E-state index contributed by atoms with van der Waals surface area (Å²) in [5, 5.41) is 43.0. The van der Waals surface area contributed by atoms with Crippen molar-refractivity contribution in [2.24, 2.45) is 7.05 Å². The summed E-state index contributed by atoms with van der Waals surface area (Å²) in [7, 11) is -2.50. The van der Waals surface area contributed by atoms with E-state index in [1.165, 1.54) is 48.8 Å². The normalized spacial score (nSPS) is 15.7. The number of nitrogens with zero attached hydrogens (tertiary/aromatic N) is 5. The lowest BCUT2D eigenvalue weighted by atomic mass is 9.83. The van der Waals surface area contributed by atoms with Gasteiger partial charge in [0.05, 0.1) is 50.9 Å². The number of aliphatic hydroxyl groups is 1. The maximum atomic E-state index is 14.6. The van der Waals surface area contributed by atoms with E-state index < -0.39 is 67.7 Å². The number of anilines is 4. The molecule has 6 aromatic rings. The molecule has 0 saturated carbocycles. The zero-order valence-electron chi connectivity index (χ0n) is 34.1. The number of H-pyrrole nitrogens is 1. The molecule has 0 saturated heterocycles. The third-order valence-electron chi connectivity index (χ3n) is 10.7. The lowest BCUT2D eigenvalue weighted by Crippen LogP contribution is -2.45. The van der Waals surface area contributed by atoms with E-state index in [2.05, 4.69) is 41.5 Å². The maximum absolute atomic E-state index is 14.6. The van der Waals surface area contributed by atoms with Crippen molar-refractivity contribution in [2.45, 2.75) is 61.2 Å². The highest BCUT2D eigenvalue weighted by Crippen LogP contribution is 2.46. The van der Waals surface area contributed by atoms with Gasteiger partial charge in [0.25, 0.3) is 11.5 Å². The van der Waals surface area contributed by atoms with Gasteiger partial charge in [-0.25, -0.2) is 22.9 Å². The fourth-order valence-corrected chi connectivity index (χ4v) is 9.10. The van der Waals surface area contributed by atoms with E-state index in [4.69, 9.17) is 5.26 Å². The number of amides is 2. The summed E-state index contributed by atoms with van der Waals surface area (Å²) in [5.74, 6) is -3.03. The van der Waals surface area contributed by atoms with E-state index in [1.54, 1.807) is 23.9 Å². The standard InChI is InChI=1S/C43H40F4N10O6S/c1-42(61,41(60)53-29-12-9-25(21-48)32(20-29)43(45,46)47)22-64(62,63)30-15-13-27(14-16-30)49-17-5-3-4-6-34(58)52-28-10-7-24(8-11-28)37-36(39-50-23-51-57(39)2)38-35-31(40(59)56-55-38)18-26(44)19-33(35)54-37/h7-16,18-20,23,36-37,49,54,61H,3-6,17,22H2,1-2H3,(H,52,58)(H,53,60)(H,56,59)/t36-,37?,42?/m1/s1. The lowest BCUT2D eigenvalue weighted by Gasteiger charge is -2.33. The molecule has 3 heterocycles. The van der Waals surface area contributed by atoms with Crippen LogP contribution in [0, 0.1) is 17.1 Å². The van der Waals surface area contributed by atoms with Gasteiger partial charge in [0.15, 0.2) is 15.4 Å². The Balaban J connectivity index is 0.869. The SMILES string of the molecule is Cn1ncnc1[C@H]1c2n[nH]c(=O)c3cc(F)cc(c23)NC1c1ccc(NC(=O)CCCCCNc2ccc(S(=O)(=O)CC(C)(O)C(=O)Nc3ccc(C#N)c(C(F)(F)F)c3)cc2)cc1. The Morgan fingerprint density at radius 3 is 2.33 bits per heavy atom. The average molecular weight is 901 g/mol. The molecule has 4 aromatic carbocycles. The Bertz CT molecular complexity index is 2950. The van der Waals surface area contributed by atoms with Gasteiger partial charge in [0.1, 0.15) is 18.0 Å². The van der Waals surface area contributed by atoms with Crippen LogP contribution in [0.2, 0.25) is 0 Å². The number of rotatable bonds is 15. The summed E-state index contributed by atoms with van der Waals surface area (Å²) in [5.41, 5.74) is -2.52. The second-order valence-corrected chi connectivity index (χ2v) is 17.4. The quantitative estimate of drug-likeness (QED) is 0.0503. The first-order chi connectivity index (χ1) is 30.3. The van der Waals surface area contributed by atoms with Crippen LogP contribution in [-0.4, -0.2) is 68.2 Å². The van der Waals surface area contributed by atoms with E-state index in [1.807, 2.05) is 12.1 Å². The van der Waals surface area contributed by atoms with Crippen molar-refractivity contribution in [3.63, 3.8) is 0 Å². The number of benzene rings is 4. The number of halogens is 4. The molecule has 0 radical (unpaired) electrons. The molecule has 0 aliphatic carbocycles. The highest BCUT2D eigenvalue weighted by molar-refractivity contribution is 7.91. The van der Waals surface area contributed by atoms with Crippen LogP contribution in [0.3, 0.4) is 0 Å². The monoisotopic (exact) mass is 900 g/mol. The highest BCUT2D eigenvalue weighted by Gasteiger charge is 2.39. The number of aromatic amines is 1. The van der Waals surface area contributed by atoms with E-state index in [0.29, 0.717) is 65.8 Å². The summed E-state index contributed by atoms with van der Waals surface area (Å²) >= 11 is 0. The Hall–Kier alpha value is -7.18. The first-order valence-electron chi connectivity index (χ1n) is 19.8. The van der Waals surface area contributed by atoms with Crippen molar-refractivity contribution in [2.75, 3.05) is 33.6 Å². The number of unbranched alkanes of at least 4 members (excludes halogenated alkanes) is 2. The molecule has 0 spiro atoms. The molecule has 1 aliphatic heterocycles. The summed E-state index contributed by atoms with van der Waals surface area (Å²) in [6.07, 6.45) is -1.24. The van der Waals surface area contributed by atoms with Gasteiger partial charge in [-0.15, -0.1) is 0 Å². The van der Waals surface area contributed by atoms with Crippen molar-refractivity contribution in [1.82, 2.24) is 25.0 Å². The van der Waals surface area contributed by atoms with Crippen LogP contribution in [-0.2, 0) is 32.7 Å². The number of hydrogen-bond acceptors (Lipinski definition) is 12. The number of nitrogens with one attached hydrogen (secondary N) is 5. The minimum Gasteiger partial charge on any atom is -0.385 e. The van der Waals surface area contributed by atoms with Gasteiger partial charge in [0.2, 0.25) is 5.91 Å². The molecule has 64 heavy (non-hydrogen) atoms. The Morgan fingerprint density at radius 1 is 0.953 bits per heavy atom. The molecule has 0 bridgehead atoms. The van der Waals surface area contributed by atoms with Crippen LogP contribution in [0.1, 0.15) is 72.8 Å². The van der Waals surface area contributed by atoms with Crippen molar-refractivity contribution in [3.8, 4) is 6.07 Å². The van der Waals surface area contributed by atoms with Gasteiger partial charge in [-0.2, -0.15) is 28.6 Å². The molecule has 1 aliphatic rings. The topological polar surface area (TPSA) is 237 Å². The number of nitriles is 1. The summed E-state index contributed by atoms with van der Waals surface area (Å²) in [4.78, 5) is 42.4. The second-order valence-electron chi connectivity index (χ2n) is 15.4. The molecule has 0 fully saturated rings. The molecule has 21 heteroatoms. The van der Waals surface area contributed by atoms with Gasteiger partial charge in [-0.1, -0.05) is 18.6 Å². The fourth-order valence-electron chi connectivity index (χ4n) is 7.51. The summed E-state index contributed by atoms with van der Waals surface area (Å²) in [6.45, 7) is 1.44. The van der Waals surface area contributed by atoms with Gasteiger partial charge >= 0.3 is 6.18 Å². The molecule has 2 amide bonds. The summed E-state index contributed by atoms with van der Waals surface area (Å²) in [6, 6.07) is 18.6. The number of alkyl halides is 3. The van der Waals surface area contributed by atoms with E-state index in [-0.39, 0.29) is 28.3 Å². The minimum atomic E-state index is -4.89. The fraction of sp³-hybridized carbons (Fsp3) is 0.279. The van der Waals surface area contributed by atoms with Crippen LogP contribution in [0.5, 0.6) is 0 Å². The van der Waals surface area contributed by atoms with Crippen molar-refractivity contribution in [1.29, 1.82) is 5.26 Å². The highest BCUT2D eigenvalue weighted by atomic mass is 32.2. The average Bonchev–Trinajstić information content (AvgIpc) is 3.67. The largest absolute Gasteiger partial charge is 0.417 e. The van der Waals surface area contributed by atoms with Crippen molar-refractivity contribution < 1.29 is 40.7 Å². The molecule has 332 valence electrons. The lowest BCUT2D eigenvalue weighted by molar-refractivity contribution is -0.138. The Kier molecular flexibility index (Phi) is 12.5. The maximum Gasteiger partial charge on any atom is 0.417 e. The van der Waals surface area contributed by atoms with Crippen LogP contribution in [0.15, 0.2) is 94.9 Å². The second kappa shape index (κ2) is 17.9. The van der Waals surface area contributed by atoms with E-state index in [0.717, 1.165) is 24.6 Å². The van der Waals surface area contributed by atoms with Gasteiger partial charge in [-0.3, -0.25) is 19.1 Å². The number of sulfone groups is 1. The van der Waals surface area contributed by atoms with Crippen molar-refractivity contribution in [3.05, 3.63) is 130 Å². The predicted octanol–water partition coefficient (Wildman–Crippen LogP) is 6.15. The van der Waals surface area contributed by atoms with Gasteiger partial charge in [-0.05, 0) is 92.1 Å². The third kappa shape index (κ3) is 9.72. The molecular formula is C43H40F4N10O6S. The van der Waals surface area contributed by atoms with Gasteiger partial charge in [0, 0.05) is 48.1 Å². The van der Waals surface area contributed by atoms with Crippen LogP contribution >= 0.6 is 0 Å². The van der Waals surface area contributed by atoms with E-state index >= 15 is 0 Å². The van der Waals surface area contributed by atoms with Crippen molar-refractivity contribution >= 4 is 55.2 Å². The number of aryl methyl sites for hydroxylation is 1. The first kappa shape index (κ1) is 44.9. The van der Waals surface area contributed by atoms with E-state index in [9.17, 15) is 45.5 Å². The minimum absolute atomic E-state index is 0.162. The number of hydrogen-bond donors (Lipinski definition) is 6. The van der Waals surface area contributed by atoms with Crippen LogP contribution in [0.25, 0.3) is 10.8 Å². The zero-order chi connectivity index (χ0) is 46.0. The predicted molar refractivity (Wildman–Crippen MR) is 227 cm³/mol. The third-order valence-corrected chi connectivity index (χ3v) is 12.6. The molecule has 7 rings (SSSR count). The molecule has 2 unspecified atom stereocenters. The van der Waals surface area contributed by atoms with Gasteiger partial charge < -0.3 is 26.4 Å². The first-order valence-corrected chi connectivity index (χ1v) is 21.4. The molecule has 6 N–H and O–H groups in total. The number of carbonyl (C=O) groups excluding carboxylic acids is 2. The number of aromatic nitrogens is 5. The smallest absolute Gasteiger partial charge is 0.385 e. The van der Waals surface area contributed by atoms with Crippen LogP contribution < -0.4 is 26.8 Å².